The highest BCUT2D eigenvalue weighted by atomic mass is 16.6. The SMILES string of the molecule is CCOC(=O)[C@@H]1C[C@H]([N+](=O)[O-])[C@@H](C)C(OC(CC)CC)[C@@H]1C. The Morgan fingerprint density at radius 1 is 1.23 bits per heavy atom. The molecule has 0 heterocycles. The van der Waals surface area contributed by atoms with Crippen LogP contribution in [0.2, 0.25) is 0 Å². The minimum absolute atomic E-state index is 0.0725. The molecule has 1 unspecified atom stereocenters. The number of rotatable bonds is 7. The van der Waals surface area contributed by atoms with Crippen LogP contribution in [0.15, 0.2) is 0 Å². The molecule has 1 saturated carbocycles. The molecular weight excluding hydrogens is 286 g/mol. The zero-order valence-corrected chi connectivity index (χ0v) is 14.3. The highest BCUT2D eigenvalue weighted by Crippen LogP contribution is 2.39. The van der Waals surface area contributed by atoms with E-state index in [-0.39, 0.29) is 41.4 Å². The first-order valence-corrected chi connectivity index (χ1v) is 8.32. The zero-order valence-electron chi connectivity index (χ0n) is 14.3. The van der Waals surface area contributed by atoms with Crippen molar-refractivity contribution in [2.24, 2.45) is 17.8 Å². The molecule has 6 nitrogen and oxygen atoms in total. The summed E-state index contributed by atoms with van der Waals surface area (Å²) in [4.78, 5) is 23.2. The van der Waals surface area contributed by atoms with Crippen molar-refractivity contribution >= 4 is 5.97 Å². The minimum atomic E-state index is -0.759. The summed E-state index contributed by atoms with van der Waals surface area (Å²) >= 11 is 0. The summed E-state index contributed by atoms with van der Waals surface area (Å²) in [5.74, 6) is -1.10. The zero-order chi connectivity index (χ0) is 16.9. The Labute approximate surface area is 132 Å². The number of carbonyl (C=O) groups is 1. The normalized spacial score (nSPS) is 32.0. The van der Waals surface area contributed by atoms with Gasteiger partial charge in [-0.05, 0) is 25.7 Å². The maximum absolute atomic E-state index is 12.2. The lowest BCUT2D eigenvalue weighted by molar-refractivity contribution is -0.541. The molecule has 0 saturated heterocycles. The first kappa shape index (κ1) is 18.9. The lowest BCUT2D eigenvalue weighted by Crippen LogP contribution is -2.51. The van der Waals surface area contributed by atoms with Gasteiger partial charge in [0.25, 0.3) is 0 Å². The quantitative estimate of drug-likeness (QED) is 0.410. The molecule has 1 aliphatic carbocycles. The topological polar surface area (TPSA) is 78.7 Å². The number of esters is 1. The molecule has 0 aromatic carbocycles. The summed E-state index contributed by atoms with van der Waals surface area (Å²) in [6.45, 7) is 9.93. The third-order valence-electron chi connectivity index (χ3n) is 4.89. The van der Waals surface area contributed by atoms with Crippen molar-refractivity contribution < 1.29 is 19.2 Å². The largest absolute Gasteiger partial charge is 0.466 e. The van der Waals surface area contributed by atoms with E-state index in [4.69, 9.17) is 9.47 Å². The van der Waals surface area contributed by atoms with E-state index in [0.29, 0.717) is 6.61 Å². The summed E-state index contributed by atoms with van der Waals surface area (Å²) in [5, 5.41) is 11.4. The van der Waals surface area contributed by atoms with E-state index in [1.807, 2.05) is 27.7 Å². The van der Waals surface area contributed by atoms with E-state index in [1.54, 1.807) is 6.92 Å². The molecule has 22 heavy (non-hydrogen) atoms. The Hall–Kier alpha value is -1.17. The molecule has 0 radical (unpaired) electrons. The number of carbonyl (C=O) groups excluding carboxylic acids is 1. The van der Waals surface area contributed by atoms with Crippen molar-refractivity contribution in [1.29, 1.82) is 0 Å². The summed E-state index contributed by atoms with van der Waals surface area (Å²) in [5.41, 5.74) is 0. The molecule has 1 fully saturated rings. The van der Waals surface area contributed by atoms with Gasteiger partial charge in [-0.25, -0.2) is 0 Å². The molecule has 6 heteroatoms. The smallest absolute Gasteiger partial charge is 0.309 e. The molecular formula is C16H29NO5. The Bertz CT molecular complexity index is 383. The van der Waals surface area contributed by atoms with Crippen molar-refractivity contribution in [3.05, 3.63) is 10.1 Å². The molecule has 0 aliphatic heterocycles. The van der Waals surface area contributed by atoms with Crippen LogP contribution in [0.5, 0.6) is 0 Å². The molecule has 0 aromatic heterocycles. The van der Waals surface area contributed by atoms with Gasteiger partial charge in [0.1, 0.15) is 0 Å². The Morgan fingerprint density at radius 3 is 2.27 bits per heavy atom. The second-order valence-corrected chi connectivity index (χ2v) is 6.20. The van der Waals surface area contributed by atoms with Gasteiger partial charge < -0.3 is 9.47 Å². The number of hydrogen-bond acceptors (Lipinski definition) is 5. The fourth-order valence-electron chi connectivity index (χ4n) is 3.41. The fraction of sp³-hybridized carbons (Fsp3) is 0.938. The van der Waals surface area contributed by atoms with E-state index in [1.165, 1.54) is 0 Å². The van der Waals surface area contributed by atoms with Gasteiger partial charge in [-0.2, -0.15) is 0 Å². The number of nitrogens with zero attached hydrogens (tertiary/aromatic N) is 1. The third kappa shape index (κ3) is 4.18. The van der Waals surface area contributed by atoms with E-state index in [9.17, 15) is 14.9 Å². The molecule has 0 aromatic rings. The van der Waals surface area contributed by atoms with Crippen LogP contribution < -0.4 is 0 Å². The van der Waals surface area contributed by atoms with Crippen LogP contribution >= 0.6 is 0 Å². The van der Waals surface area contributed by atoms with Gasteiger partial charge in [0.05, 0.1) is 30.7 Å². The van der Waals surface area contributed by atoms with Gasteiger partial charge in [0.2, 0.25) is 6.04 Å². The van der Waals surface area contributed by atoms with Crippen molar-refractivity contribution in [2.75, 3.05) is 6.61 Å². The van der Waals surface area contributed by atoms with Crippen molar-refractivity contribution in [3.8, 4) is 0 Å². The standard InChI is InChI=1S/C16H29NO5/c1-6-12(7-2)22-15-10(4)13(16(18)21-8-3)9-14(11(15)5)17(19)20/h10-15H,6-9H2,1-5H3/t10-,11-,13-,14+,15?/m1/s1. The molecule has 128 valence electrons. The average molecular weight is 315 g/mol. The van der Waals surface area contributed by atoms with Crippen molar-refractivity contribution in [3.63, 3.8) is 0 Å². The molecule has 5 atom stereocenters. The Morgan fingerprint density at radius 2 is 1.82 bits per heavy atom. The van der Waals surface area contributed by atoms with Crippen LogP contribution in [0.1, 0.15) is 53.9 Å². The van der Waals surface area contributed by atoms with Crippen LogP contribution in [0.25, 0.3) is 0 Å². The number of hydrogen-bond donors (Lipinski definition) is 0. The maximum atomic E-state index is 12.2. The number of nitro groups is 1. The lowest BCUT2D eigenvalue weighted by atomic mass is 9.70. The van der Waals surface area contributed by atoms with E-state index in [0.717, 1.165) is 12.8 Å². The van der Waals surface area contributed by atoms with E-state index in [2.05, 4.69) is 0 Å². The Balaban J connectivity index is 2.99. The Kier molecular flexibility index (Phi) is 7.26. The van der Waals surface area contributed by atoms with Gasteiger partial charge in [0.15, 0.2) is 0 Å². The minimum Gasteiger partial charge on any atom is -0.466 e. The molecule has 1 rings (SSSR count). The highest BCUT2D eigenvalue weighted by Gasteiger charge is 2.50. The van der Waals surface area contributed by atoms with Crippen LogP contribution in [-0.2, 0) is 14.3 Å². The highest BCUT2D eigenvalue weighted by molar-refractivity contribution is 5.73. The summed E-state index contributed by atoms with van der Waals surface area (Å²) in [7, 11) is 0. The van der Waals surface area contributed by atoms with Crippen LogP contribution in [0, 0.1) is 27.9 Å². The fourth-order valence-corrected chi connectivity index (χ4v) is 3.41. The number of ether oxygens (including phenoxy) is 2. The third-order valence-corrected chi connectivity index (χ3v) is 4.89. The van der Waals surface area contributed by atoms with Crippen LogP contribution in [0.4, 0.5) is 0 Å². The van der Waals surface area contributed by atoms with Gasteiger partial charge in [-0.3, -0.25) is 14.9 Å². The maximum Gasteiger partial charge on any atom is 0.309 e. The second-order valence-electron chi connectivity index (χ2n) is 6.20. The van der Waals surface area contributed by atoms with Crippen molar-refractivity contribution in [1.82, 2.24) is 0 Å². The van der Waals surface area contributed by atoms with Gasteiger partial charge in [-0.1, -0.05) is 27.7 Å². The predicted molar refractivity (Wildman–Crippen MR) is 83.1 cm³/mol. The molecule has 0 amide bonds. The van der Waals surface area contributed by atoms with Crippen molar-refractivity contribution in [2.45, 2.75) is 72.1 Å². The first-order valence-electron chi connectivity index (χ1n) is 8.32. The van der Waals surface area contributed by atoms with E-state index >= 15 is 0 Å². The monoisotopic (exact) mass is 315 g/mol. The van der Waals surface area contributed by atoms with E-state index < -0.39 is 12.0 Å². The van der Waals surface area contributed by atoms with Crippen LogP contribution in [-0.4, -0.2) is 35.7 Å². The molecule has 0 bridgehead atoms. The first-order chi connectivity index (χ1) is 10.4. The molecule has 0 N–H and O–H groups in total. The van der Waals surface area contributed by atoms with Gasteiger partial charge in [0, 0.05) is 11.3 Å². The molecule has 1 aliphatic rings. The summed E-state index contributed by atoms with van der Waals surface area (Å²) in [6.07, 6.45) is 1.74. The second kappa shape index (κ2) is 8.46. The lowest BCUT2D eigenvalue weighted by Gasteiger charge is -2.41. The predicted octanol–water partition coefficient (Wildman–Crippen LogP) is 3.06. The van der Waals surface area contributed by atoms with Crippen LogP contribution in [0.3, 0.4) is 0 Å². The average Bonchev–Trinajstić information content (AvgIpc) is 2.47. The molecule has 0 spiro atoms. The van der Waals surface area contributed by atoms with Gasteiger partial charge >= 0.3 is 5.97 Å². The summed E-state index contributed by atoms with van der Waals surface area (Å²) < 4.78 is 11.2. The summed E-state index contributed by atoms with van der Waals surface area (Å²) in [6, 6.07) is -0.759. The van der Waals surface area contributed by atoms with Gasteiger partial charge in [-0.15, -0.1) is 0 Å².